The fourth-order valence-electron chi connectivity index (χ4n) is 2.13. The van der Waals surface area contributed by atoms with Gasteiger partial charge in [0.2, 0.25) is 0 Å². The summed E-state index contributed by atoms with van der Waals surface area (Å²) < 4.78 is 37.0. The molecule has 18 heavy (non-hydrogen) atoms. The molecule has 1 aromatic heterocycles. The number of halogens is 4. The molecule has 1 atom stereocenters. The van der Waals surface area contributed by atoms with E-state index < -0.39 is 18.6 Å². The molecule has 100 valence electrons. The fraction of sp³-hybridized carbons (Fsp3) is 0.333. The Bertz CT molecular complexity index is 534. The summed E-state index contributed by atoms with van der Waals surface area (Å²) in [7, 11) is 0. The summed E-state index contributed by atoms with van der Waals surface area (Å²) in [5.74, 6) is 0. The van der Waals surface area contributed by atoms with Gasteiger partial charge in [-0.05, 0) is 18.6 Å². The third-order valence-electron chi connectivity index (χ3n) is 2.77. The summed E-state index contributed by atoms with van der Waals surface area (Å²) in [6, 6.07) is 6.21. The van der Waals surface area contributed by atoms with Crippen LogP contribution in [0.15, 0.2) is 24.3 Å². The third-order valence-corrected chi connectivity index (χ3v) is 2.77. The molecule has 2 aromatic rings. The van der Waals surface area contributed by atoms with Gasteiger partial charge in [0, 0.05) is 22.6 Å². The van der Waals surface area contributed by atoms with Crippen LogP contribution in [0.3, 0.4) is 0 Å². The Kier molecular flexibility index (Phi) is 4.29. The van der Waals surface area contributed by atoms with E-state index in [2.05, 4.69) is 4.98 Å². The summed E-state index contributed by atoms with van der Waals surface area (Å²) in [6.45, 7) is 1.74. The number of hydrogen-bond donors (Lipinski definition) is 2. The van der Waals surface area contributed by atoms with Crippen molar-refractivity contribution in [2.75, 3.05) is 0 Å². The van der Waals surface area contributed by atoms with Gasteiger partial charge in [-0.3, -0.25) is 0 Å². The third kappa shape index (κ3) is 2.97. The fourth-order valence-corrected chi connectivity index (χ4v) is 2.13. The lowest BCUT2D eigenvalue weighted by Crippen LogP contribution is -2.20. The maximum Gasteiger partial charge on any atom is 0.390 e. The minimum Gasteiger partial charge on any atom is -0.358 e. The van der Waals surface area contributed by atoms with E-state index in [1.165, 1.54) is 0 Å². The van der Waals surface area contributed by atoms with Crippen LogP contribution >= 0.6 is 12.4 Å². The molecule has 0 aliphatic heterocycles. The predicted octanol–water partition coefficient (Wildman–Crippen LogP) is 3.85. The summed E-state index contributed by atoms with van der Waals surface area (Å²) in [5, 5.41) is 0.766. The Hall–Kier alpha value is -1.20. The Labute approximate surface area is 109 Å². The number of nitrogens with one attached hydrogen (secondary N) is 1. The standard InChI is InChI=1S/C12H13F3N2.ClH/c1-7-11(9(16)6-12(13,14)15)8-4-2-3-5-10(8)17-7;/h2-5,9,17H,6,16H2,1H3;1H/t9-;/m1./s1. The lowest BCUT2D eigenvalue weighted by atomic mass is 10.0. The lowest BCUT2D eigenvalue weighted by Gasteiger charge is -2.14. The number of nitrogens with two attached hydrogens (primary N) is 1. The van der Waals surface area contributed by atoms with E-state index >= 15 is 0 Å². The lowest BCUT2D eigenvalue weighted by molar-refractivity contribution is -0.138. The summed E-state index contributed by atoms with van der Waals surface area (Å²) in [5.41, 5.74) is 7.72. The Morgan fingerprint density at radius 2 is 1.89 bits per heavy atom. The minimum atomic E-state index is -4.25. The predicted molar refractivity (Wildman–Crippen MR) is 67.9 cm³/mol. The smallest absolute Gasteiger partial charge is 0.358 e. The number of hydrogen-bond acceptors (Lipinski definition) is 1. The molecule has 2 nitrogen and oxygen atoms in total. The van der Waals surface area contributed by atoms with Crippen molar-refractivity contribution in [1.29, 1.82) is 0 Å². The molecule has 1 heterocycles. The monoisotopic (exact) mass is 278 g/mol. The minimum absolute atomic E-state index is 0. The van der Waals surface area contributed by atoms with Gasteiger partial charge >= 0.3 is 6.18 Å². The number of aromatic nitrogens is 1. The Balaban J connectivity index is 0.00000162. The summed E-state index contributed by atoms with van der Waals surface area (Å²) in [6.07, 6.45) is -5.25. The van der Waals surface area contributed by atoms with Crippen LogP contribution < -0.4 is 5.73 Å². The summed E-state index contributed by atoms with van der Waals surface area (Å²) in [4.78, 5) is 3.05. The average molecular weight is 279 g/mol. The SMILES string of the molecule is Cc1[nH]c2ccccc2c1[C@H](N)CC(F)(F)F.Cl. The maximum absolute atomic E-state index is 12.3. The number of aryl methyl sites for hydroxylation is 1. The molecule has 0 amide bonds. The second-order valence-corrected chi connectivity index (χ2v) is 4.14. The van der Waals surface area contributed by atoms with Gasteiger partial charge in [0.15, 0.2) is 0 Å². The van der Waals surface area contributed by atoms with Crippen LogP contribution in [-0.2, 0) is 0 Å². The van der Waals surface area contributed by atoms with E-state index in [1.54, 1.807) is 19.1 Å². The van der Waals surface area contributed by atoms with Gasteiger partial charge in [-0.25, -0.2) is 0 Å². The first kappa shape index (κ1) is 14.9. The van der Waals surface area contributed by atoms with Gasteiger partial charge in [-0.2, -0.15) is 13.2 Å². The Morgan fingerprint density at radius 3 is 2.50 bits per heavy atom. The largest absolute Gasteiger partial charge is 0.390 e. The van der Waals surface area contributed by atoms with Gasteiger partial charge in [-0.15, -0.1) is 12.4 Å². The van der Waals surface area contributed by atoms with Crippen LogP contribution in [0.5, 0.6) is 0 Å². The molecule has 0 saturated heterocycles. The van der Waals surface area contributed by atoms with E-state index in [9.17, 15) is 13.2 Å². The van der Waals surface area contributed by atoms with Crippen LogP contribution in [0.1, 0.15) is 23.7 Å². The molecule has 1 aromatic carbocycles. The first-order chi connectivity index (χ1) is 7.88. The van der Waals surface area contributed by atoms with Crippen LogP contribution in [0.2, 0.25) is 0 Å². The molecule has 2 rings (SSSR count). The van der Waals surface area contributed by atoms with Gasteiger partial charge < -0.3 is 10.7 Å². The molecular weight excluding hydrogens is 265 g/mol. The zero-order valence-corrected chi connectivity index (χ0v) is 10.5. The zero-order chi connectivity index (χ0) is 12.6. The second-order valence-electron chi connectivity index (χ2n) is 4.14. The van der Waals surface area contributed by atoms with Crippen molar-refractivity contribution in [3.05, 3.63) is 35.5 Å². The normalized spacial score (nSPS) is 13.4. The number of alkyl halides is 3. The van der Waals surface area contributed by atoms with Crippen molar-refractivity contribution in [2.24, 2.45) is 5.73 Å². The van der Waals surface area contributed by atoms with E-state index in [1.807, 2.05) is 12.1 Å². The van der Waals surface area contributed by atoms with Crippen molar-refractivity contribution in [3.63, 3.8) is 0 Å². The maximum atomic E-state index is 12.3. The number of H-pyrrole nitrogens is 1. The van der Waals surface area contributed by atoms with Crippen LogP contribution in [0.25, 0.3) is 10.9 Å². The number of rotatable bonds is 2. The van der Waals surface area contributed by atoms with Crippen molar-refractivity contribution in [1.82, 2.24) is 4.98 Å². The van der Waals surface area contributed by atoms with Gasteiger partial charge in [0.05, 0.1) is 6.42 Å². The van der Waals surface area contributed by atoms with E-state index in [4.69, 9.17) is 5.73 Å². The first-order valence-electron chi connectivity index (χ1n) is 5.28. The molecule has 0 saturated carbocycles. The first-order valence-corrected chi connectivity index (χ1v) is 5.28. The number of para-hydroxylation sites is 1. The second kappa shape index (κ2) is 5.20. The van der Waals surface area contributed by atoms with Gasteiger partial charge in [-0.1, -0.05) is 18.2 Å². The van der Waals surface area contributed by atoms with E-state index in [-0.39, 0.29) is 12.4 Å². The van der Waals surface area contributed by atoms with Crippen LogP contribution in [-0.4, -0.2) is 11.2 Å². The molecule has 0 aliphatic carbocycles. The van der Waals surface area contributed by atoms with Gasteiger partial charge in [0.25, 0.3) is 0 Å². The summed E-state index contributed by atoms with van der Waals surface area (Å²) >= 11 is 0. The molecule has 0 spiro atoms. The van der Waals surface area contributed by atoms with Crippen molar-refractivity contribution in [2.45, 2.75) is 25.6 Å². The zero-order valence-electron chi connectivity index (χ0n) is 9.71. The number of aromatic amines is 1. The Morgan fingerprint density at radius 1 is 1.28 bits per heavy atom. The van der Waals surface area contributed by atoms with Crippen molar-refractivity contribution < 1.29 is 13.2 Å². The van der Waals surface area contributed by atoms with Crippen molar-refractivity contribution in [3.8, 4) is 0 Å². The average Bonchev–Trinajstić information content (AvgIpc) is 2.50. The van der Waals surface area contributed by atoms with E-state index in [0.717, 1.165) is 10.9 Å². The highest BCUT2D eigenvalue weighted by Gasteiger charge is 2.32. The molecule has 0 aliphatic rings. The molecule has 0 fully saturated rings. The van der Waals surface area contributed by atoms with Crippen LogP contribution in [0, 0.1) is 6.92 Å². The van der Waals surface area contributed by atoms with E-state index in [0.29, 0.717) is 11.3 Å². The highest BCUT2D eigenvalue weighted by Crippen LogP contribution is 2.33. The quantitative estimate of drug-likeness (QED) is 0.861. The number of fused-ring (bicyclic) bond motifs is 1. The molecule has 6 heteroatoms. The molecular formula is C12H14ClF3N2. The molecule has 3 N–H and O–H groups in total. The van der Waals surface area contributed by atoms with Crippen molar-refractivity contribution >= 4 is 23.3 Å². The number of benzene rings is 1. The van der Waals surface area contributed by atoms with Gasteiger partial charge in [0.1, 0.15) is 0 Å². The van der Waals surface area contributed by atoms with Crippen LogP contribution in [0.4, 0.5) is 13.2 Å². The molecule has 0 radical (unpaired) electrons. The highest BCUT2D eigenvalue weighted by molar-refractivity contribution is 5.85. The highest BCUT2D eigenvalue weighted by atomic mass is 35.5. The molecule has 0 bridgehead atoms. The topological polar surface area (TPSA) is 41.8 Å². The molecule has 0 unspecified atom stereocenters.